The maximum atomic E-state index is 11.8. The fourth-order valence-electron chi connectivity index (χ4n) is 2.03. The van der Waals surface area contributed by atoms with Gasteiger partial charge in [0.1, 0.15) is 0 Å². The number of carbonyl (C=O) groups is 1. The van der Waals surface area contributed by atoms with Gasteiger partial charge in [-0.3, -0.25) is 9.78 Å². The van der Waals surface area contributed by atoms with E-state index in [1.165, 1.54) is 0 Å². The van der Waals surface area contributed by atoms with Crippen molar-refractivity contribution in [2.75, 3.05) is 20.1 Å². The standard InChI is InChI=1S/C15H26N4O/c1-12(2)18-15(20)10-14(11-16)19(3)9-7-13-6-4-5-8-17-13/h4-6,8,12,14H,7,9-11,16H2,1-3H3,(H,18,20). The number of nitrogens with two attached hydrogens (primary N) is 1. The molecule has 0 aromatic carbocycles. The quantitative estimate of drug-likeness (QED) is 0.738. The van der Waals surface area contributed by atoms with Gasteiger partial charge in [0.05, 0.1) is 0 Å². The lowest BCUT2D eigenvalue weighted by atomic mass is 10.1. The van der Waals surface area contributed by atoms with E-state index in [1.54, 1.807) is 6.20 Å². The summed E-state index contributed by atoms with van der Waals surface area (Å²) in [6, 6.07) is 6.14. The molecule has 1 heterocycles. The third-order valence-electron chi connectivity index (χ3n) is 3.21. The van der Waals surface area contributed by atoms with Gasteiger partial charge in [-0.25, -0.2) is 0 Å². The first-order chi connectivity index (χ1) is 9.52. The van der Waals surface area contributed by atoms with Crippen LogP contribution in [0, 0.1) is 0 Å². The second kappa shape index (κ2) is 8.66. The zero-order valence-electron chi connectivity index (χ0n) is 12.7. The molecule has 1 amide bonds. The van der Waals surface area contributed by atoms with Gasteiger partial charge in [-0.2, -0.15) is 0 Å². The number of carbonyl (C=O) groups excluding carboxylic acids is 1. The molecule has 1 rings (SSSR count). The largest absolute Gasteiger partial charge is 0.354 e. The minimum absolute atomic E-state index is 0.0557. The molecule has 1 unspecified atom stereocenters. The summed E-state index contributed by atoms with van der Waals surface area (Å²) < 4.78 is 0. The van der Waals surface area contributed by atoms with E-state index in [1.807, 2.05) is 39.1 Å². The summed E-state index contributed by atoms with van der Waals surface area (Å²) in [6.07, 6.45) is 3.10. The predicted molar refractivity (Wildman–Crippen MR) is 81.3 cm³/mol. The molecule has 0 saturated carbocycles. The molecule has 5 nitrogen and oxygen atoms in total. The molecular weight excluding hydrogens is 252 g/mol. The van der Waals surface area contributed by atoms with E-state index >= 15 is 0 Å². The second-order valence-corrected chi connectivity index (χ2v) is 5.37. The SMILES string of the molecule is CC(C)NC(=O)CC(CN)N(C)CCc1ccccn1. The Morgan fingerprint density at radius 2 is 2.20 bits per heavy atom. The lowest BCUT2D eigenvalue weighted by Crippen LogP contribution is -2.43. The van der Waals surface area contributed by atoms with Gasteiger partial charge in [0.15, 0.2) is 0 Å². The molecule has 0 bridgehead atoms. The van der Waals surface area contributed by atoms with E-state index in [4.69, 9.17) is 5.73 Å². The third-order valence-corrected chi connectivity index (χ3v) is 3.21. The van der Waals surface area contributed by atoms with Crippen LogP contribution in [0.2, 0.25) is 0 Å². The number of pyridine rings is 1. The summed E-state index contributed by atoms with van der Waals surface area (Å²) in [4.78, 5) is 18.2. The minimum Gasteiger partial charge on any atom is -0.354 e. The minimum atomic E-state index is 0.0557. The van der Waals surface area contributed by atoms with Gasteiger partial charge in [-0.1, -0.05) is 6.07 Å². The van der Waals surface area contributed by atoms with E-state index in [-0.39, 0.29) is 18.0 Å². The van der Waals surface area contributed by atoms with Gasteiger partial charge in [0, 0.05) is 49.9 Å². The Morgan fingerprint density at radius 1 is 1.45 bits per heavy atom. The van der Waals surface area contributed by atoms with Crippen LogP contribution >= 0.6 is 0 Å². The molecule has 0 spiro atoms. The normalized spacial score (nSPS) is 12.7. The van der Waals surface area contributed by atoms with Crippen LogP contribution in [0.25, 0.3) is 0 Å². The zero-order chi connectivity index (χ0) is 15.0. The number of hydrogen-bond donors (Lipinski definition) is 2. The second-order valence-electron chi connectivity index (χ2n) is 5.37. The van der Waals surface area contributed by atoms with E-state index in [2.05, 4.69) is 15.2 Å². The smallest absolute Gasteiger partial charge is 0.221 e. The van der Waals surface area contributed by atoms with E-state index in [0.29, 0.717) is 13.0 Å². The average molecular weight is 278 g/mol. The first-order valence-corrected chi connectivity index (χ1v) is 7.12. The molecule has 112 valence electrons. The number of hydrogen-bond acceptors (Lipinski definition) is 4. The summed E-state index contributed by atoms with van der Waals surface area (Å²) in [5, 5.41) is 2.90. The molecule has 0 aliphatic heterocycles. The highest BCUT2D eigenvalue weighted by Crippen LogP contribution is 2.04. The summed E-state index contributed by atoms with van der Waals surface area (Å²) in [5.74, 6) is 0.0557. The van der Waals surface area contributed by atoms with Crippen molar-refractivity contribution in [2.24, 2.45) is 5.73 Å². The lowest BCUT2D eigenvalue weighted by Gasteiger charge is -2.26. The summed E-state index contributed by atoms with van der Waals surface area (Å²) in [6.45, 7) is 5.23. The predicted octanol–water partition coefficient (Wildman–Crippen LogP) is 0.798. The monoisotopic (exact) mass is 278 g/mol. The van der Waals surface area contributed by atoms with Crippen molar-refractivity contribution < 1.29 is 4.79 Å². The Bertz CT molecular complexity index is 394. The number of nitrogens with zero attached hydrogens (tertiary/aromatic N) is 2. The summed E-state index contributed by atoms with van der Waals surface area (Å²) >= 11 is 0. The van der Waals surface area contributed by atoms with Crippen LogP contribution in [0.15, 0.2) is 24.4 Å². The van der Waals surface area contributed by atoms with Crippen molar-refractivity contribution in [1.82, 2.24) is 15.2 Å². The van der Waals surface area contributed by atoms with Gasteiger partial charge in [0.2, 0.25) is 5.91 Å². The van der Waals surface area contributed by atoms with Gasteiger partial charge < -0.3 is 16.0 Å². The Balaban J connectivity index is 2.42. The average Bonchev–Trinajstić information content (AvgIpc) is 2.42. The molecule has 0 saturated heterocycles. The maximum absolute atomic E-state index is 11.8. The van der Waals surface area contributed by atoms with Crippen LogP contribution < -0.4 is 11.1 Å². The molecule has 1 aromatic heterocycles. The van der Waals surface area contributed by atoms with Crippen molar-refractivity contribution in [3.63, 3.8) is 0 Å². The highest BCUT2D eigenvalue weighted by molar-refractivity contribution is 5.76. The van der Waals surface area contributed by atoms with Crippen LogP contribution in [0.5, 0.6) is 0 Å². The number of likely N-dealkylation sites (N-methyl/N-ethyl adjacent to an activating group) is 1. The third kappa shape index (κ3) is 6.12. The molecule has 0 aliphatic rings. The number of rotatable bonds is 8. The van der Waals surface area contributed by atoms with Crippen LogP contribution in [-0.2, 0) is 11.2 Å². The van der Waals surface area contributed by atoms with Gasteiger partial charge in [0.25, 0.3) is 0 Å². The Hall–Kier alpha value is -1.46. The Kier molecular flexibility index (Phi) is 7.18. The molecule has 1 aromatic rings. The molecule has 5 heteroatoms. The molecule has 0 fully saturated rings. The molecule has 3 N–H and O–H groups in total. The van der Waals surface area contributed by atoms with E-state index in [9.17, 15) is 4.79 Å². The van der Waals surface area contributed by atoms with Gasteiger partial charge in [-0.15, -0.1) is 0 Å². The number of nitrogens with one attached hydrogen (secondary N) is 1. The van der Waals surface area contributed by atoms with Crippen molar-refractivity contribution in [1.29, 1.82) is 0 Å². The number of amides is 1. The highest BCUT2D eigenvalue weighted by Gasteiger charge is 2.17. The fourth-order valence-corrected chi connectivity index (χ4v) is 2.03. The van der Waals surface area contributed by atoms with Gasteiger partial charge in [-0.05, 0) is 33.0 Å². The van der Waals surface area contributed by atoms with Crippen molar-refractivity contribution in [2.45, 2.75) is 38.8 Å². The molecule has 0 aliphatic carbocycles. The highest BCUT2D eigenvalue weighted by atomic mass is 16.1. The van der Waals surface area contributed by atoms with Crippen molar-refractivity contribution >= 4 is 5.91 Å². The van der Waals surface area contributed by atoms with Crippen LogP contribution in [0.3, 0.4) is 0 Å². The van der Waals surface area contributed by atoms with Crippen molar-refractivity contribution in [3.8, 4) is 0 Å². The topological polar surface area (TPSA) is 71.2 Å². The first-order valence-electron chi connectivity index (χ1n) is 7.12. The lowest BCUT2D eigenvalue weighted by molar-refractivity contribution is -0.122. The van der Waals surface area contributed by atoms with Gasteiger partial charge >= 0.3 is 0 Å². The zero-order valence-corrected chi connectivity index (χ0v) is 12.7. The van der Waals surface area contributed by atoms with Crippen LogP contribution in [0.4, 0.5) is 0 Å². The summed E-state index contributed by atoms with van der Waals surface area (Å²) in [7, 11) is 2.00. The Labute approximate surface area is 121 Å². The molecular formula is C15H26N4O. The van der Waals surface area contributed by atoms with E-state index < -0.39 is 0 Å². The van der Waals surface area contributed by atoms with Crippen LogP contribution in [0.1, 0.15) is 26.0 Å². The van der Waals surface area contributed by atoms with Crippen molar-refractivity contribution in [3.05, 3.63) is 30.1 Å². The number of aromatic nitrogens is 1. The first kappa shape index (κ1) is 16.6. The maximum Gasteiger partial charge on any atom is 0.221 e. The fraction of sp³-hybridized carbons (Fsp3) is 0.600. The molecule has 20 heavy (non-hydrogen) atoms. The molecule has 0 radical (unpaired) electrons. The molecule has 1 atom stereocenters. The summed E-state index contributed by atoms with van der Waals surface area (Å²) in [5.41, 5.74) is 6.84. The Morgan fingerprint density at radius 3 is 2.75 bits per heavy atom. The van der Waals surface area contributed by atoms with E-state index in [0.717, 1.165) is 18.7 Å². The van der Waals surface area contributed by atoms with Crippen LogP contribution in [-0.4, -0.2) is 48.0 Å².